The number of fused-ring (bicyclic) bond motifs is 1. The van der Waals surface area contributed by atoms with Gasteiger partial charge in [-0.2, -0.15) is 0 Å². The van der Waals surface area contributed by atoms with E-state index in [0.717, 1.165) is 9.60 Å². The molecule has 0 saturated carbocycles. The van der Waals surface area contributed by atoms with E-state index in [1.54, 1.807) is 30.4 Å². The summed E-state index contributed by atoms with van der Waals surface area (Å²) in [6.45, 7) is -0.360. The molecule has 0 spiro atoms. The first kappa shape index (κ1) is 22.1. The number of aliphatic hydroxyl groups excluding tert-OH is 2. The third kappa shape index (κ3) is 4.15. The minimum absolute atomic E-state index is 0.360. The number of thioether (sulfide) groups is 1. The molecular weight excluding hydrogens is 496 g/mol. The van der Waals surface area contributed by atoms with Crippen molar-refractivity contribution in [3.05, 3.63) is 34.5 Å². The van der Waals surface area contributed by atoms with Crippen LogP contribution in [-0.2, 0) is 9.47 Å². The Morgan fingerprint density at radius 1 is 1.34 bits per heavy atom. The Morgan fingerprint density at radius 3 is 2.97 bits per heavy atom. The lowest BCUT2D eigenvalue weighted by Crippen LogP contribution is -2.55. The van der Waals surface area contributed by atoms with Crippen molar-refractivity contribution in [3.63, 3.8) is 0 Å². The second kappa shape index (κ2) is 9.27. The van der Waals surface area contributed by atoms with E-state index in [1.165, 1.54) is 39.1 Å². The Labute approximate surface area is 199 Å². The van der Waals surface area contributed by atoms with E-state index in [-0.39, 0.29) is 6.61 Å². The molecule has 5 atom stereocenters. The molecule has 10 nitrogen and oxygen atoms in total. The maximum Gasteiger partial charge on any atom is 0.170 e. The van der Waals surface area contributed by atoms with Gasteiger partial charge in [0.05, 0.1) is 23.0 Å². The molecule has 0 aromatic carbocycles. The van der Waals surface area contributed by atoms with Crippen molar-refractivity contribution in [2.24, 2.45) is 0 Å². The van der Waals surface area contributed by atoms with Crippen molar-refractivity contribution in [1.82, 2.24) is 29.9 Å². The Bertz CT molecular complexity index is 1220. The zero-order chi connectivity index (χ0) is 22.2. The molecule has 1 aliphatic heterocycles. The number of methoxy groups -OCH3 is 1. The van der Waals surface area contributed by atoms with Crippen LogP contribution >= 0.6 is 46.0 Å². The van der Waals surface area contributed by atoms with Gasteiger partial charge in [0.25, 0.3) is 0 Å². The molecule has 1 saturated heterocycles. The molecule has 1 aliphatic rings. The van der Waals surface area contributed by atoms with Crippen molar-refractivity contribution in [3.8, 4) is 10.7 Å². The monoisotopic (exact) mass is 512 g/mol. The highest BCUT2D eigenvalue weighted by atomic mass is 35.5. The van der Waals surface area contributed by atoms with E-state index < -0.39 is 29.8 Å². The van der Waals surface area contributed by atoms with E-state index in [2.05, 4.69) is 25.3 Å². The standard InChI is InChI=1S/C18H17ClN6O4S3/c1-28-15-13(25-4-9(23-24-25)17-22-12(19)6-30-17)14(27)10(5-26)29-18(15)32-8-2-11-16(20-3-8)21-7-31-11/h2-4,6-7,10,13-15,18,26-27H,5H2,1H3/t10-,13+,14+,15-,18-/m1/s1. The fourth-order valence-electron chi connectivity index (χ4n) is 3.54. The number of hydrogen-bond donors (Lipinski definition) is 2. The summed E-state index contributed by atoms with van der Waals surface area (Å²) in [5, 5.41) is 31.9. The highest BCUT2D eigenvalue weighted by molar-refractivity contribution is 7.99. The summed E-state index contributed by atoms with van der Waals surface area (Å²) in [6.07, 6.45) is 0.909. The molecule has 5 rings (SSSR count). The van der Waals surface area contributed by atoms with Gasteiger partial charge in [-0.15, -0.1) is 27.8 Å². The molecule has 2 N–H and O–H groups in total. The van der Waals surface area contributed by atoms with Crippen LogP contribution in [0.1, 0.15) is 6.04 Å². The van der Waals surface area contributed by atoms with Gasteiger partial charge in [0.15, 0.2) is 5.65 Å². The van der Waals surface area contributed by atoms with Gasteiger partial charge < -0.3 is 19.7 Å². The molecule has 0 radical (unpaired) electrons. The van der Waals surface area contributed by atoms with Crippen molar-refractivity contribution >= 4 is 56.4 Å². The predicted molar refractivity (Wildman–Crippen MR) is 121 cm³/mol. The fraction of sp³-hybridized carbons (Fsp3) is 0.389. The van der Waals surface area contributed by atoms with Gasteiger partial charge in [-0.3, -0.25) is 0 Å². The van der Waals surface area contributed by atoms with Crippen LogP contribution < -0.4 is 0 Å². The van der Waals surface area contributed by atoms with Gasteiger partial charge in [-0.1, -0.05) is 28.6 Å². The zero-order valence-electron chi connectivity index (χ0n) is 16.5. The molecule has 1 fully saturated rings. The largest absolute Gasteiger partial charge is 0.394 e. The predicted octanol–water partition coefficient (Wildman–Crippen LogP) is 2.49. The first-order valence-corrected chi connectivity index (χ1v) is 12.5. The number of halogens is 1. The van der Waals surface area contributed by atoms with Crippen molar-refractivity contribution < 1.29 is 19.7 Å². The lowest BCUT2D eigenvalue weighted by atomic mass is 9.97. The minimum atomic E-state index is -1.07. The van der Waals surface area contributed by atoms with Crippen LogP contribution in [0.25, 0.3) is 21.0 Å². The quantitative estimate of drug-likeness (QED) is 0.397. The van der Waals surface area contributed by atoms with Gasteiger partial charge in [0.2, 0.25) is 0 Å². The Kier molecular flexibility index (Phi) is 6.40. The van der Waals surface area contributed by atoms with Crippen molar-refractivity contribution in [2.75, 3.05) is 13.7 Å². The van der Waals surface area contributed by atoms with Gasteiger partial charge in [0, 0.05) is 23.6 Å². The van der Waals surface area contributed by atoms with Gasteiger partial charge in [-0.05, 0) is 6.07 Å². The van der Waals surface area contributed by atoms with Crippen LogP contribution in [0.15, 0.2) is 34.2 Å². The van der Waals surface area contributed by atoms with Crippen molar-refractivity contribution in [1.29, 1.82) is 0 Å². The lowest BCUT2D eigenvalue weighted by Gasteiger charge is -2.43. The first-order valence-electron chi connectivity index (χ1n) is 9.43. The highest BCUT2D eigenvalue weighted by Gasteiger charge is 2.47. The smallest absolute Gasteiger partial charge is 0.170 e. The summed E-state index contributed by atoms with van der Waals surface area (Å²) in [4.78, 5) is 13.6. The Hall–Kier alpha value is -1.71. The maximum absolute atomic E-state index is 10.9. The van der Waals surface area contributed by atoms with Crippen LogP contribution in [0.3, 0.4) is 0 Å². The van der Waals surface area contributed by atoms with Crippen molar-refractivity contribution in [2.45, 2.75) is 34.7 Å². The van der Waals surface area contributed by atoms with E-state index in [1.807, 2.05) is 6.07 Å². The van der Waals surface area contributed by atoms with E-state index in [9.17, 15) is 10.2 Å². The number of rotatable bonds is 6. The average molecular weight is 513 g/mol. The fourth-order valence-corrected chi connectivity index (χ4v) is 6.35. The number of aliphatic hydroxyl groups is 2. The molecule has 32 heavy (non-hydrogen) atoms. The van der Waals surface area contributed by atoms with Crippen LogP contribution in [0.4, 0.5) is 0 Å². The molecule has 0 unspecified atom stereocenters. The van der Waals surface area contributed by atoms with Gasteiger partial charge in [0.1, 0.15) is 45.6 Å². The number of thiazole rings is 2. The molecule has 14 heteroatoms. The Morgan fingerprint density at radius 2 is 2.22 bits per heavy atom. The Balaban J connectivity index is 1.45. The molecule has 0 amide bonds. The number of nitrogens with zero attached hydrogens (tertiary/aromatic N) is 6. The molecule has 0 bridgehead atoms. The number of aromatic nitrogens is 6. The summed E-state index contributed by atoms with van der Waals surface area (Å²) >= 11 is 10.2. The minimum Gasteiger partial charge on any atom is -0.394 e. The normalized spacial score (nSPS) is 26.1. The van der Waals surface area contributed by atoms with E-state index in [4.69, 9.17) is 21.1 Å². The highest BCUT2D eigenvalue weighted by Crippen LogP contribution is 2.40. The van der Waals surface area contributed by atoms with Gasteiger partial charge >= 0.3 is 0 Å². The first-order chi connectivity index (χ1) is 15.6. The number of ether oxygens (including phenoxy) is 2. The number of hydrogen-bond acceptors (Lipinski definition) is 12. The molecule has 5 heterocycles. The van der Waals surface area contributed by atoms with Crippen LogP contribution in [0, 0.1) is 0 Å². The summed E-state index contributed by atoms with van der Waals surface area (Å²) in [6, 6.07) is 1.33. The number of pyridine rings is 1. The molecule has 168 valence electrons. The second-order valence-corrected chi connectivity index (χ2v) is 10.2. The summed E-state index contributed by atoms with van der Waals surface area (Å²) in [5.74, 6) is 0. The molecule has 4 aromatic rings. The second-order valence-electron chi connectivity index (χ2n) is 6.93. The molecule has 4 aromatic heterocycles. The third-order valence-corrected chi connectivity index (χ3v) is 8.08. The van der Waals surface area contributed by atoms with Gasteiger partial charge in [-0.25, -0.2) is 19.6 Å². The maximum atomic E-state index is 10.9. The lowest BCUT2D eigenvalue weighted by molar-refractivity contribution is -0.186. The summed E-state index contributed by atoms with van der Waals surface area (Å²) in [7, 11) is 1.55. The van der Waals surface area contributed by atoms with Crippen LogP contribution in [-0.4, -0.2) is 77.6 Å². The van der Waals surface area contributed by atoms with E-state index >= 15 is 0 Å². The molecular formula is C18H17ClN6O4S3. The third-order valence-electron chi connectivity index (χ3n) is 5.02. The zero-order valence-corrected chi connectivity index (χ0v) is 19.7. The van der Waals surface area contributed by atoms with E-state index in [0.29, 0.717) is 21.5 Å². The average Bonchev–Trinajstić information content (AvgIpc) is 3.54. The van der Waals surface area contributed by atoms with Crippen LogP contribution in [0.5, 0.6) is 0 Å². The SMILES string of the molecule is CO[C@@H]1[C@@H](n2cc(-c3nc(Cl)cs3)nn2)[C@@H](O)[C@@H](CO)O[C@@H]1Sc1cnc2ncsc2c1. The molecule has 0 aliphatic carbocycles. The van der Waals surface area contributed by atoms with Crippen LogP contribution in [0.2, 0.25) is 5.15 Å². The topological polar surface area (TPSA) is 128 Å². The summed E-state index contributed by atoms with van der Waals surface area (Å²) in [5.41, 5.74) is 2.42. The summed E-state index contributed by atoms with van der Waals surface area (Å²) < 4.78 is 14.3.